The van der Waals surface area contributed by atoms with E-state index in [1.165, 1.54) is 0 Å². The summed E-state index contributed by atoms with van der Waals surface area (Å²) >= 11 is 0. The number of rotatable bonds is 13. The van der Waals surface area contributed by atoms with Crippen LogP contribution in [0.15, 0.2) is 0 Å². The Labute approximate surface area is 161 Å². The number of carbonyl (C=O) groups excluding carboxylic acids is 3. The number of carboxylic acid groups (broad SMARTS) is 2. The molecule has 0 aliphatic carbocycles. The van der Waals surface area contributed by atoms with E-state index in [-0.39, 0.29) is 6.42 Å². The van der Waals surface area contributed by atoms with Crippen LogP contribution in [0.2, 0.25) is 0 Å². The predicted octanol–water partition coefficient (Wildman–Crippen LogP) is -2.61. The smallest absolute Gasteiger partial charge is 0.326 e. The number of nitrogens with one attached hydrogen (secondary N) is 3. The van der Waals surface area contributed by atoms with Gasteiger partial charge in [-0.05, 0) is 12.3 Å². The Morgan fingerprint density at radius 2 is 1.54 bits per heavy atom. The maximum absolute atomic E-state index is 12.3. The molecular formula is C16H28N4O8. The fraction of sp³-hybridized carbons (Fsp3) is 0.688. The number of hydrogen-bond acceptors (Lipinski definition) is 7. The van der Waals surface area contributed by atoms with Crippen LogP contribution >= 0.6 is 0 Å². The molecule has 0 saturated heterocycles. The summed E-state index contributed by atoms with van der Waals surface area (Å²) in [5, 5.41) is 34.0. The highest BCUT2D eigenvalue weighted by Crippen LogP contribution is 2.08. The number of aliphatic hydroxyl groups is 1. The largest absolute Gasteiger partial charge is 0.481 e. The standard InChI is InChI=1S/C16H28N4O8/c1-3-8(2)13(16(27)28)20-15(26)10(7-21)19-14(25)9(4-5-12(23)24)18-11(22)6-17/h8-10,13,21H,3-7,17H2,1-2H3,(H,18,22)(H,19,25)(H,20,26)(H,23,24)(H,27,28). The number of nitrogens with two attached hydrogens (primary N) is 1. The zero-order valence-electron chi connectivity index (χ0n) is 15.8. The van der Waals surface area contributed by atoms with E-state index in [1.807, 2.05) is 0 Å². The van der Waals surface area contributed by atoms with Crippen LogP contribution in [0.3, 0.4) is 0 Å². The Morgan fingerprint density at radius 3 is 1.96 bits per heavy atom. The fourth-order valence-corrected chi connectivity index (χ4v) is 2.19. The first-order valence-electron chi connectivity index (χ1n) is 8.72. The van der Waals surface area contributed by atoms with E-state index < -0.39 is 73.3 Å². The molecule has 3 amide bonds. The lowest BCUT2D eigenvalue weighted by Gasteiger charge is -2.25. The lowest BCUT2D eigenvalue weighted by molar-refractivity contribution is -0.144. The zero-order chi connectivity index (χ0) is 21.9. The predicted molar refractivity (Wildman–Crippen MR) is 95.9 cm³/mol. The van der Waals surface area contributed by atoms with Gasteiger partial charge in [-0.15, -0.1) is 0 Å². The fourth-order valence-electron chi connectivity index (χ4n) is 2.19. The van der Waals surface area contributed by atoms with E-state index in [9.17, 15) is 34.2 Å². The van der Waals surface area contributed by atoms with Crippen molar-refractivity contribution in [3.05, 3.63) is 0 Å². The van der Waals surface area contributed by atoms with Crippen molar-refractivity contribution in [1.82, 2.24) is 16.0 Å². The van der Waals surface area contributed by atoms with E-state index in [4.69, 9.17) is 10.8 Å². The van der Waals surface area contributed by atoms with Gasteiger partial charge in [0.1, 0.15) is 18.1 Å². The molecule has 160 valence electrons. The molecule has 0 aromatic heterocycles. The molecule has 0 bridgehead atoms. The van der Waals surface area contributed by atoms with Gasteiger partial charge in [0, 0.05) is 6.42 Å². The highest BCUT2D eigenvalue weighted by molar-refractivity contribution is 5.93. The summed E-state index contributed by atoms with van der Waals surface area (Å²) in [5.74, 6) is -5.41. The summed E-state index contributed by atoms with van der Waals surface area (Å²) < 4.78 is 0. The number of aliphatic carboxylic acids is 2. The van der Waals surface area contributed by atoms with Gasteiger partial charge in [0.2, 0.25) is 17.7 Å². The maximum Gasteiger partial charge on any atom is 0.326 e. The van der Waals surface area contributed by atoms with Crippen molar-refractivity contribution >= 4 is 29.7 Å². The Balaban J connectivity index is 5.16. The minimum absolute atomic E-state index is 0.267. The molecule has 0 rings (SSSR count). The van der Waals surface area contributed by atoms with E-state index in [0.29, 0.717) is 6.42 Å². The van der Waals surface area contributed by atoms with Crippen LogP contribution in [0.4, 0.5) is 0 Å². The Morgan fingerprint density at radius 1 is 0.964 bits per heavy atom. The van der Waals surface area contributed by atoms with Crippen molar-refractivity contribution in [2.24, 2.45) is 11.7 Å². The molecule has 12 heteroatoms. The number of carbonyl (C=O) groups is 5. The molecule has 0 aromatic carbocycles. The molecule has 0 aliphatic rings. The molecule has 8 N–H and O–H groups in total. The Hall–Kier alpha value is -2.73. The summed E-state index contributed by atoms with van der Waals surface area (Å²) in [5.41, 5.74) is 5.16. The maximum atomic E-state index is 12.3. The Bertz CT molecular complexity index is 583. The van der Waals surface area contributed by atoms with E-state index in [0.717, 1.165) is 0 Å². The quantitative estimate of drug-likeness (QED) is 0.171. The summed E-state index contributed by atoms with van der Waals surface area (Å²) in [6, 6.07) is -4.00. The van der Waals surface area contributed by atoms with Crippen LogP contribution in [0.25, 0.3) is 0 Å². The van der Waals surface area contributed by atoms with Crippen molar-refractivity contribution in [1.29, 1.82) is 0 Å². The molecule has 0 saturated carbocycles. The molecule has 0 radical (unpaired) electrons. The third-order valence-corrected chi connectivity index (χ3v) is 4.08. The third-order valence-electron chi connectivity index (χ3n) is 4.08. The SMILES string of the molecule is CCC(C)C(NC(=O)C(CO)NC(=O)C(CCC(=O)O)NC(=O)CN)C(=O)O. The molecule has 28 heavy (non-hydrogen) atoms. The second kappa shape index (κ2) is 12.6. The number of hydrogen-bond donors (Lipinski definition) is 7. The number of amides is 3. The lowest BCUT2D eigenvalue weighted by Crippen LogP contribution is -2.58. The molecule has 0 heterocycles. The number of aliphatic hydroxyl groups excluding tert-OH is 1. The third kappa shape index (κ3) is 8.77. The van der Waals surface area contributed by atoms with Crippen molar-refractivity contribution < 1.29 is 39.3 Å². The average molecular weight is 404 g/mol. The van der Waals surface area contributed by atoms with E-state index in [1.54, 1.807) is 13.8 Å². The first-order chi connectivity index (χ1) is 13.1. The van der Waals surface area contributed by atoms with E-state index in [2.05, 4.69) is 16.0 Å². The molecule has 0 fully saturated rings. The lowest BCUT2D eigenvalue weighted by atomic mass is 9.99. The van der Waals surface area contributed by atoms with Crippen molar-refractivity contribution in [2.75, 3.05) is 13.2 Å². The minimum Gasteiger partial charge on any atom is -0.481 e. The van der Waals surface area contributed by atoms with Gasteiger partial charge in [-0.1, -0.05) is 20.3 Å². The second-order valence-electron chi connectivity index (χ2n) is 6.21. The summed E-state index contributed by atoms with van der Waals surface area (Å²) in [4.78, 5) is 58.0. The molecular weight excluding hydrogens is 376 g/mol. The second-order valence-corrected chi connectivity index (χ2v) is 6.21. The minimum atomic E-state index is -1.49. The monoisotopic (exact) mass is 404 g/mol. The Kier molecular flexibility index (Phi) is 11.4. The average Bonchev–Trinajstić information content (AvgIpc) is 2.65. The highest BCUT2D eigenvalue weighted by Gasteiger charge is 2.31. The van der Waals surface area contributed by atoms with Crippen molar-refractivity contribution in [3.8, 4) is 0 Å². The normalized spacial score (nSPS) is 14.9. The van der Waals surface area contributed by atoms with Crippen LogP contribution in [0.1, 0.15) is 33.1 Å². The molecule has 4 unspecified atom stereocenters. The van der Waals surface area contributed by atoms with Gasteiger partial charge in [0.25, 0.3) is 0 Å². The first kappa shape index (κ1) is 25.3. The molecule has 0 aliphatic heterocycles. The van der Waals surface area contributed by atoms with Gasteiger partial charge in [-0.25, -0.2) is 4.79 Å². The van der Waals surface area contributed by atoms with Gasteiger partial charge in [0.15, 0.2) is 0 Å². The van der Waals surface area contributed by atoms with Gasteiger partial charge in [0.05, 0.1) is 13.2 Å². The summed E-state index contributed by atoms with van der Waals surface area (Å²) in [7, 11) is 0. The molecule has 0 spiro atoms. The van der Waals surface area contributed by atoms with Crippen LogP contribution in [-0.2, 0) is 24.0 Å². The zero-order valence-corrected chi connectivity index (χ0v) is 15.8. The van der Waals surface area contributed by atoms with Crippen LogP contribution in [-0.4, -0.2) is 76.3 Å². The summed E-state index contributed by atoms with van der Waals surface area (Å²) in [6.07, 6.45) is -0.235. The van der Waals surface area contributed by atoms with Gasteiger partial charge < -0.3 is 37.0 Å². The topological polar surface area (TPSA) is 208 Å². The van der Waals surface area contributed by atoms with Gasteiger partial charge in [-0.3, -0.25) is 19.2 Å². The van der Waals surface area contributed by atoms with Gasteiger partial charge in [-0.2, -0.15) is 0 Å². The highest BCUT2D eigenvalue weighted by atomic mass is 16.4. The van der Waals surface area contributed by atoms with Crippen LogP contribution in [0.5, 0.6) is 0 Å². The van der Waals surface area contributed by atoms with E-state index >= 15 is 0 Å². The van der Waals surface area contributed by atoms with Crippen LogP contribution in [0, 0.1) is 5.92 Å². The molecule has 4 atom stereocenters. The van der Waals surface area contributed by atoms with Crippen molar-refractivity contribution in [3.63, 3.8) is 0 Å². The van der Waals surface area contributed by atoms with Crippen molar-refractivity contribution in [2.45, 2.75) is 51.2 Å². The molecule has 0 aromatic rings. The number of carboxylic acids is 2. The van der Waals surface area contributed by atoms with Gasteiger partial charge >= 0.3 is 11.9 Å². The summed E-state index contributed by atoms with van der Waals surface area (Å²) in [6.45, 7) is 2.10. The van der Waals surface area contributed by atoms with Crippen LogP contribution < -0.4 is 21.7 Å². The molecule has 12 nitrogen and oxygen atoms in total. The first-order valence-corrected chi connectivity index (χ1v) is 8.72.